The van der Waals surface area contributed by atoms with Gasteiger partial charge in [0.25, 0.3) is 5.56 Å². The van der Waals surface area contributed by atoms with E-state index >= 15 is 0 Å². The largest absolute Gasteiger partial charge is 0.309 e. The van der Waals surface area contributed by atoms with Crippen molar-refractivity contribution in [3.05, 3.63) is 95.9 Å². The Hall–Kier alpha value is -2.65. The van der Waals surface area contributed by atoms with Crippen LogP contribution in [0.4, 0.5) is 4.39 Å². The van der Waals surface area contributed by atoms with Gasteiger partial charge in [0.05, 0.1) is 18.0 Å². The zero-order chi connectivity index (χ0) is 21.7. The molecule has 1 aromatic carbocycles. The van der Waals surface area contributed by atoms with E-state index in [9.17, 15) is 9.18 Å². The highest BCUT2D eigenvalue weighted by Gasteiger charge is 2.31. The molecule has 0 aliphatic carbocycles. The molecule has 160 valence electrons. The third-order valence-electron chi connectivity index (χ3n) is 5.88. The molecule has 0 fully saturated rings. The molecule has 6 rings (SSSR count). The van der Waals surface area contributed by atoms with E-state index in [1.807, 2.05) is 16.7 Å². The van der Waals surface area contributed by atoms with Gasteiger partial charge in [0, 0.05) is 27.2 Å². The Kier molecular flexibility index (Phi) is 5.02. The average Bonchev–Trinajstić information content (AvgIpc) is 3.55. The fourth-order valence-corrected chi connectivity index (χ4v) is 7.17. The summed E-state index contributed by atoms with van der Waals surface area (Å²) in [6.45, 7) is 1.50. The van der Waals surface area contributed by atoms with Crippen molar-refractivity contribution >= 4 is 44.2 Å². The highest BCUT2D eigenvalue weighted by molar-refractivity contribution is 7.17. The van der Waals surface area contributed by atoms with Gasteiger partial charge in [-0.3, -0.25) is 9.69 Å². The van der Waals surface area contributed by atoms with Crippen molar-refractivity contribution in [1.29, 1.82) is 0 Å². The molecule has 0 amide bonds. The summed E-state index contributed by atoms with van der Waals surface area (Å²) in [6.07, 6.45) is 1.01. The number of H-pyrrole nitrogens is 1. The van der Waals surface area contributed by atoms with Crippen LogP contribution in [0.2, 0.25) is 0 Å². The summed E-state index contributed by atoms with van der Waals surface area (Å²) in [4.78, 5) is 26.7. The number of thiophene rings is 3. The Balaban J connectivity index is 1.37. The highest BCUT2D eigenvalue weighted by Crippen LogP contribution is 2.40. The van der Waals surface area contributed by atoms with Crippen LogP contribution in [0.15, 0.2) is 63.4 Å². The van der Waals surface area contributed by atoms with Crippen molar-refractivity contribution in [3.8, 4) is 11.1 Å². The number of hydrogen-bond acceptors (Lipinski definition) is 6. The highest BCUT2D eigenvalue weighted by atomic mass is 32.1. The monoisotopic (exact) mass is 479 g/mol. The Morgan fingerprint density at radius 2 is 1.97 bits per heavy atom. The number of halogens is 1. The van der Waals surface area contributed by atoms with Crippen LogP contribution >= 0.6 is 34.0 Å². The average molecular weight is 480 g/mol. The number of hydrogen-bond donors (Lipinski definition) is 1. The van der Waals surface area contributed by atoms with Crippen molar-refractivity contribution in [2.45, 2.75) is 19.0 Å². The summed E-state index contributed by atoms with van der Waals surface area (Å²) in [5.41, 5.74) is 2.83. The standard InChI is InChI=1S/C24H18FN3OS3/c25-15-5-3-14(4-6-15)17-13-32-24-21(17)23(29)26-20(27-24)12-28-9-7-18-16(8-11-31-18)22(28)19-2-1-10-30-19/h1-6,8,10-11,13,22H,7,9,12H2,(H,26,27,29). The Morgan fingerprint density at radius 3 is 2.78 bits per heavy atom. The zero-order valence-corrected chi connectivity index (χ0v) is 19.3. The predicted molar refractivity (Wildman–Crippen MR) is 130 cm³/mol. The summed E-state index contributed by atoms with van der Waals surface area (Å²) < 4.78 is 13.3. The van der Waals surface area contributed by atoms with E-state index in [0.29, 0.717) is 22.6 Å². The molecule has 1 N–H and O–H groups in total. The maximum atomic E-state index is 13.3. The second-order valence-electron chi connectivity index (χ2n) is 7.79. The normalized spacial score (nSPS) is 16.5. The molecule has 0 saturated heterocycles. The number of fused-ring (bicyclic) bond motifs is 2. The lowest BCUT2D eigenvalue weighted by Gasteiger charge is -2.35. The second kappa shape index (κ2) is 8.04. The van der Waals surface area contributed by atoms with Crippen LogP contribution in [0.25, 0.3) is 21.3 Å². The van der Waals surface area contributed by atoms with Crippen LogP contribution < -0.4 is 5.56 Å². The molecule has 5 aromatic rings. The lowest BCUT2D eigenvalue weighted by molar-refractivity contribution is 0.204. The van der Waals surface area contributed by atoms with E-state index in [0.717, 1.165) is 24.1 Å². The first-order chi connectivity index (χ1) is 15.7. The fourth-order valence-electron chi connectivity index (χ4n) is 4.42. The number of aromatic nitrogens is 2. The number of rotatable bonds is 4. The SMILES string of the molecule is O=c1[nH]c(CN2CCc3sccc3C2c2cccs2)nc2scc(-c3ccc(F)cc3)c12. The molecule has 0 spiro atoms. The summed E-state index contributed by atoms with van der Waals surface area (Å²) in [6, 6.07) is 12.9. The molecule has 0 saturated carbocycles. The molecule has 1 unspecified atom stereocenters. The quantitative estimate of drug-likeness (QED) is 0.341. The summed E-state index contributed by atoms with van der Waals surface area (Å²) >= 11 is 5.04. The minimum absolute atomic E-state index is 0.147. The van der Waals surface area contributed by atoms with Crippen molar-refractivity contribution in [2.75, 3.05) is 6.54 Å². The molecule has 0 radical (unpaired) electrons. The molecule has 1 atom stereocenters. The van der Waals surface area contributed by atoms with Gasteiger partial charge >= 0.3 is 0 Å². The van der Waals surface area contributed by atoms with Crippen LogP contribution in [-0.4, -0.2) is 21.4 Å². The maximum absolute atomic E-state index is 13.3. The summed E-state index contributed by atoms with van der Waals surface area (Å²) in [5.74, 6) is 0.383. The van der Waals surface area contributed by atoms with Gasteiger partial charge in [0.15, 0.2) is 0 Å². The molecule has 1 aliphatic rings. The van der Waals surface area contributed by atoms with Crippen molar-refractivity contribution in [1.82, 2.24) is 14.9 Å². The third-order valence-corrected chi connectivity index (χ3v) is 8.67. The van der Waals surface area contributed by atoms with Crippen molar-refractivity contribution in [3.63, 3.8) is 0 Å². The van der Waals surface area contributed by atoms with Crippen LogP contribution in [0.1, 0.15) is 27.2 Å². The molecular formula is C24H18FN3OS3. The van der Waals surface area contributed by atoms with E-state index in [2.05, 4.69) is 38.8 Å². The van der Waals surface area contributed by atoms with E-state index in [1.54, 1.807) is 23.5 Å². The maximum Gasteiger partial charge on any atom is 0.260 e. The van der Waals surface area contributed by atoms with E-state index in [1.165, 1.54) is 38.8 Å². The van der Waals surface area contributed by atoms with Crippen molar-refractivity contribution < 1.29 is 4.39 Å². The topological polar surface area (TPSA) is 49.0 Å². The number of nitrogens with one attached hydrogen (secondary N) is 1. The number of nitrogens with zero attached hydrogens (tertiary/aromatic N) is 2. The van der Waals surface area contributed by atoms with Gasteiger partial charge < -0.3 is 4.98 Å². The van der Waals surface area contributed by atoms with Gasteiger partial charge in [0.1, 0.15) is 16.5 Å². The minimum Gasteiger partial charge on any atom is -0.309 e. The zero-order valence-electron chi connectivity index (χ0n) is 16.9. The lowest BCUT2D eigenvalue weighted by Crippen LogP contribution is -2.35. The van der Waals surface area contributed by atoms with E-state index in [-0.39, 0.29) is 17.4 Å². The smallest absolute Gasteiger partial charge is 0.260 e. The van der Waals surface area contributed by atoms with Gasteiger partial charge in [-0.2, -0.15) is 0 Å². The Labute approximate surface area is 195 Å². The summed E-state index contributed by atoms with van der Waals surface area (Å²) in [5, 5.41) is 6.78. The second-order valence-corrected chi connectivity index (χ2v) is 10.6. The van der Waals surface area contributed by atoms with Gasteiger partial charge in [-0.05, 0) is 52.6 Å². The molecular weight excluding hydrogens is 461 g/mol. The van der Waals surface area contributed by atoms with Crippen LogP contribution in [0.3, 0.4) is 0 Å². The van der Waals surface area contributed by atoms with E-state index in [4.69, 9.17) is 4.98 Å². The third kappa shape index (κ3) is 3.44. The number of aromatic amines is 1. The fraction of sp³-hybridized carbons (Fsp3) is 0.167. The molecule has 1 aliphatic heterocycles. The first-order valence-corrected chi connectivity index (χ1v) is 12.9. The van der Waals surface area contributed by atoms with Gasteiger partial charge in [-0.15, -0.1) is 34.0 Å². The van der Waals surface area contributed by atoms with Gasteiger partial charge in [-0.25, -0.2) is 9.37 Å². The first kappa shape index (κ1) is 20.0. The molecule has 5 heterocycles. The minimum atomic E-state index is -0.293. The van der Waals surface area contributed by atoms with Crippen molar-refractivity contribution in [2.24, 2.45) is 0 Å². The van der Waals surface area contributed by atoms with Gasteiger partial charge in [-0.1, -0.05) is 18.2 Å². The predicted octanol–water partition coefficient (Wildman–Crippen LogP) is 6.06. The number of benzene rings is 1. The first-order valence-electron chi connectivity index (χ1n) is 10.3. The van der Waals surface area contributed by atoms with Gasteiger partial charge in [0.2, 0.25) is 0 Å². The molecule has 32 heavy (non-hydrogen) atoms. The van der Waals surface area contributed by atoms with Crippen LogP contribution in [0.5, 0.6) is 0 Å². The summed E-state index contributed by atoms with van der Waals surface area (Å²) in [7, 11) is 0. The Bertz CT molecular complexity index is 1450. The molecule has 8 heteroatoms. The molecule has 4 nitrogen and oxygen atoms in total. The van der Waals surface area contributed by atoms with Crippen LogP contribution in [-0.2, 0) is 13.0 Å². The van der Waals surface area contributed by atoms with Crippen LogP contribution in [0, 0.1) is 5.82 Å². The molecule has 0 bridgehead atoms. The van der Waals surface area contributed by atoms with E-state index < -0.39 is 0 Å². The lowest BCUT2D eigenvalue weighted by atomic mass is 9.98. The Morgan fingerprint density at radius 1 is 1.09 bits per heavy atom. The molecule has 4 aromatic heterocycles.